The third kappa shape index (κ3) is 6.39. The van der Waals surface area contributed by atoms with Gasteiger partial charge in [-0.2, -0.15) is 0 Å². The quantitative estimate of drug-likeness (QED) is 0.752. The number of aliphatic hydroxyl groups is 1. The van der Waals surface area contributed by atoms with Crippen LogP contribution in [0.25, 0.3) is 0 Å². The zero-order chi connectivity index (χ0) is 19.8. The number of rotatable bonds is 7. The molecular formula is C22H26N2O3S. The number of benzene rings is 2. The minimum Gasteiger partial charge on any atom is -0.393 e. The second-order valence-electron chi connectivity index (χ2n) is 7.01. The van der Waals surface area contributed by atoms with Crippen LogP contribution in [0.4, 0.5) is 5.69 Å². The molecule has 0 bridgehead atoms. The molecule has 1 aliphatic heterocycles. The number of likely N-dealkylation sites (tertiary alicyclic amines) is 1. The standard InChI is InChI=1S/C22H26N2O3S/c25-20-10-12-24(13-11-20)22(27)14-17-6-8-19(9-7-17)23-21(26)16-28-15-18-4-2-1-3-5-18/h1-9,20,25H,10-16H2,(H,23,26). The fourth-order valence-electron chi connectivity index (χ4n) is 3.14. The first kappa shape index (κ1) is 20.4. The Bertz CT molecular complexity index is 772. The molecule has 1 fully saturated rings. The summed E-state index contributed by atoms with van der Waals surface area (Å²) in [6.45, 7) is 1.24. The van der Waals surface area contributed by atoms with Gasteiger partial charge in [-0.1, -0.05) is 42.5 Å². The van der Waals surface area contributed by atoms with Gasteiger partial charge in [0.1, 0.15) is 0 Å². The predicted molar refractivity (Wildman–Crippen MR) is 113 cm³/mol. The van der Waals surface area contributed by atoms with Crippen molar-refractivity contribution in [3.8, 4) is 0 Å². The SMILES string of the molecule is O=C(CSCc1ccccc1)Nc1ccc(CC(=O)N2CCC(O)CC2)cc1. The van der Waals surface area contributed by atoms with Crippen molar-refractivity contribution >= 4 is 29.3 Å². The van der Waals surface area contributed by atoms with E-state index in [4.69, 9.17) is 0 Å². The molecule has 3 rings (SSSR count). The van der Waals surface area contributed by atoms with E-state index in [-0.39, 0.29) is 17.9 Å². The van der Waals surface area contributed by atoms with Crippen molar-refractivity contribution in [2.45, 2.75) is 31.1 Å². The number of thioether (sulfide) groups is 1. The van der Waals surface area contributed by atoms with E-state index in [2.05, 4.69) is 17.4 Å². The summed E-state index contributed by atoms with van der Waals surface area (Å²) in [6.07, 6.45) is 1.37. The van der Waals surface area contributed by atoms with Gasteiger partial charge in [-0.15, -0.1) is 11.8 Å². The maximum absolute atomic E-state index is 12.3. The Hall–Kier alpha value is -2.31. The lowest BCUT2D eigenvalue weighted by Crippen LogP contribution is -2.40. The van der Waals surface area contributed by atoms with Gasteiger partial charge in [-0.3, -0.25) is 9.59 Å². The number of aliphatic hydroxyl groups excluding tert-OH is 1. The number of hydrogen-bond acceptors (Lipinski definition) is 4. The van der Waals surface area contributed by atoms with E-state index in [1.807, 2.05) is 47.4 Å². The second kappa shape index (κ2) is 10.3. The second-order valence-corrected chi connectivity index (χ2v) is 8.00. The lowest BCUT2D eigenvalue weighted by molar-refractivity contribution is -0.132. The van der Waals surface area contributed by atoms with Crippen LogP contribution in [0.5, 0.6) is 0 Å². The summed E-state index contributed by atoms with van der Waals surface area (Å²) in [6, 6.07) is 17.5. The number of carbonyl (C=O) groups excluding carboxylic acids is 2. The summed E-state index contributed by atoms with van der Waals surface area (Å²) in [5, 5.41) is 12.4. The van der Waals surface area contributed by atoms with Crippen LogP contribution in [-0.2, 0) is 21.8 Å². The monoisotopic (exact) mass is 398 g/mol. The number of amides is 2. The van der Waals surface area contributed by atoms with Gasteiger partial charge in [-0.25, -0.2) is 0 Å². The van der Waals surface area contributed by atoms with Gasteiger partial charge in [0.05, 0.1) is 18.3 Å². The molecule has 2 N–H and O–H groups in total. The molecule has 5 nitrogen and oxygen atoms in total. The minimum absolute atomic E-state index is 0.0309. The first-order chi connectivity index (χ1) is 13.6. The molecule has 0 aromatic heterocycles. The first-order valence-electron chi connectivity index (χ1n) is 9.56. The van der Waals surface area contributed by atoms with Crippen molar-refractivity contribution in [3.63, 3.8) is 0 Å². The number of hydrogen-bond donors (Lipinski definition) is 2. The molecule has 0 radical (unpaired) electrons. The van der Waals surface area contributed by atoms with Crippen molar-refractivity contribution < 1.29 is 14.7 Å². The molecule has 0 saturated carbocycles. The van der Waals surface area contributed by atoms with Crippen LogP contribution in [-0.4, -0.2) is 46.8 Å². The summed E-state index contributed by atoms with van der Waals surface area (Å²) in [7, 11) is 0. The van der Waals surface area contributed by atoms with E-state index >= 15 is 0 Å². The fraction of sp³-hybridized carbons (Fsp3) is 0.364. The van der Waals surface area contributed by atoms with Crippen LogP contribution in [0.3, 0.4) is 0 Å². The molecule has 1 heterocycles. The molecule has 0 atom stereocenters. The Morgan fingerprint density at radius 2 is 1.68 bits per heavy atom. The zero-order valence-corrected chi connectivity index (χ0v) is 16.7. The Balaban J connectivity index is 1.41. The molecule has 2 aromatic carbocycles. The number of anilines is 1. The van der Waals surface area contributed by atoms with Crippen LogP contribution in [0.15, 0.2) is 54.6 Å². The van der Waals surface area contributed by atoms with Crippen molar-refractivity contribution in [1.29, 1.82) is 0 Å². The third-order valence-electron chi connectivity index (χ3n) is 4.75. The van der Waals surface area contributed by atoms with E-state index in [1.54, 1.807) is 11.8 Å². The zero-order valence-electron chi connectivity index (χ0n) is 15.8. The molecule has 2 amide bonds. The Kier molecular flexibility index (Phi) is 7.51. The molecule has 148 valence electrons. The van der Waals surface area contributed by atoms with Gasteiger partial charge in [0, 0.05) is 24.5 Å². The molecular weight excluding hydrogens is 372 g/mol. The summed E-state index contributed by atoms with van der Waals surface area (Å²) >= 11 is 1.58. The smallest absolute Gasteiger partial charge is 0.234 e. The van der Waals surface area contributed by atoms with Gasteiger partial charge >= 0.3 is 0 Å². The maximum atomic E-state index is 12.3. The van der Waals surface area contributed by atoms with E-state index in [9.17, 15) is 14.7 Å². The molecule has 0 unspecified atom stereocenters. The summed E-state index contributed by atoms with van der Waals surface area (Å²) in [5.74, 6) is 1.26. The van der Waals surface area contributed by atoms with E-state index in [0.717, 1.165) is 17.0 Å². The van der Waals surface area contributed by atoms with Crippen molar-refractivity contribution in [2.24, 2.45) is 0 Å². The van der Waals surface area contributed by atoms with Crippen LogP contribution >= 0.6 is 11.8 Å². The predicted octanol–water partition coefficient (Wildman–Crippen LogP) is 3.08. The molecule has 0 spiro atoms. The van der Waals surface area contributed by atoms with E-state index in [0.29, 0.717) is 38.1 Å². The number of nitrogens with zero attached hydrogens (tertiary/aromatic N) is 1. The molecule has 28 heavy (non-hydrogen) atoms. The maximum Gasteiger partial charge on any atom is 0.234 e. The highest BCUT2D eigenvalue weighted by Gasteiger charge is 2.21. The van der Waals surface area contributed by atoms with Gasteiger partial charge in [-0.05, 0) is 36.1 Å². The van der Waals surface area contributed by atoms with Gasteiger partial charge in [0.25, 0.3) is 0 Å². The summed E-state index contributed by atoms with van der Waals surface area (Å²) in [5.41, 5.74) is 2.87. The average molecular weight is 399 g/mol. The number of nitrogens with one attached hydrogen (secondary N) is 1. The fourth-order valence-corrected chi connectivity index (χ4v) is 3.93. The highest BCUT2D eigenvalue weighted by molar-refractivity contribution is 7.99. The Labute approximate surface area is 170 Å². The summed E-state index contributed by atoms with van der Waals surface area (Å²) in [4.78, 5) is 26.2. The summed E-state index contributed by atoms with van der Waals surface area (Å²) < 4.78 is 0. The van der Waals surface area contributed by atoms with Crippen LogP contribution < -0.4 is 5.32 Å². The van der Waals surface area contributed by atoms with Crippen LogP contribution in [0.2, 0.25) is 0 Å². The highest BCUT2D eigenvalue weighted by Crippen LogP contribution is 2.16. The largest absolute Gasteiger partial charge is 0.393 e. The lowest BCUT2D eigenvalue weighted by atomic mass is 10.1. The van der Waals surface area contributed by atoms with E-state index < -0.39 is 0 Å². The normalized spacial score (nSPS) is 14.7. The molecule has 1 aliphatic rings. The minimum atomic E-state index is -0.280. The van der Waals surface area contributed by atoms with Crippen molar-refractivity contribution in [1.82, 2.24) is 4.90 Å². The number of carbonyl (C=O) groups is 2. The van der Waals surface area contributed by atoms with Crippen molar-refractivity contribution in [3.05, 3.63) is 65.7 Å². The van der Waals surface area contributed by atoms with Crippen LogP contribution in [0.1, 0.15) is 24.0 Å². The third-order valence-corrected chi connectivity index (χ3v) is 5.76. The first-order valence-corrected chi connectivity index (χ1v) is 10.7. The van der Waals surface area contributed by atoms with Crippen LogP contribution in [0, 0.1) is 0 Å². The molecule has 2 aromatic rings. The molecule has 1 saturated heterocycles. The highest BCUT2D eigenvalue weighted by atomic mass is 32.2. The van der Waals surface area contributed by atoms with Crippen molar-refractivity contribution in [2.75, 3.05) is 24.2 Å². The van der Waals surface area contributed by atoms with E-state index in [1.165, 1.54) is 5.56 Å². The molecule has 6 heteroatoms. The number of piperidine rings is 1. The topological polar surface area (TPSA) is 69.6 Å². The lowest BCUT2D eigenvalue weighted by Gasteiger charge is -2.29. The van der Waals surface area contributed by atoms with Gasteiger partial charge < -0.3 is 15.3 Å². The van der Waals surface area contributed by atoms with Gasteiger partial charge in [0.15, 0.2) is 0 Å². The Morgan fingerprint density at radius 3 is 2.36 bits per heavy atom. The van der Waals surface area contributed by atoms with Gasteiger partial charge in [0.2, 0.25) is 11.8 Å². The average Bonchev–Trinajstić information content (AvgIpc) is 2.71. The molecule has 0 aliphatic carbocycles. The Morgan fingerprint density at radius 1 is 1.00 bits per heavy atom.